The Morgan fingerprint density at radius 3 is 2.43 bits per heavy atom. The molecule has 0 atom stereocenters. The van der Waals surface area contributed by atoms with Gasteiger partial charge in [-0.1, -0.05) is 41.5 Å². The smallest absolute Gasteiger partial charge is 0.254 e. The lowest BCUT2D eigenvalue weighted by molar-refractivity contribution is -0.131. The molecule has 6 nitrogen and oxygen atoms in total. The number of hydrogen-bond acceptors (Lipinski definition) is 4. The number of piperidine rings is 1. The van der Waals surface area contributed by atoms with E-state index in [1.807, 2.05) is 25.7 Å². The van der Waals surface area contributed by atoms with Crippen molar-refractivity contribution in [3.8, 4) is 0 Å². The minimum atomic E-state index is -0.337. The van der Waals surface area contributed by atoms with Crippen molar-refractivity contribution in [2.24, 2.45) is 0 Å². The fraction of sp³-hybridized carbons (Fsp3) is 0.357. The summed E-state index contributed by atoms with van der Waals surface area (Å²) < 4.78 is 13.5. The van der Waals surface area contributed by atoms with E-state index in [1.54, 1.807) is 18.3 Å². The maximum atomic E-state index is 13.5. The summed E-state index contributed by atoms with van der Waals surface area (Å²) in [5.41, 5.74) is 5.28. The van der Waals surface area contributed by atoms with Crippen molar-refractivity contribution in [2.75, 3.05) is 13.1 Å². The maximum absolute atomic E-state index is 13.5. The first-order valence-electron chi connectivity index (χ1n) is 12.0. The molecule has 182 valence electrons. The SMILES string of the molecule is Cc1cc(C)cc(CNC(=O)c2cnc(C)nc2C2CCN(C(=O)Cc3cccc(F)c3)CC2)c1. The van der Waals surface area contributed by atoms with Crippen molar-refractivity contribution in [2.45, 2.75) is 52.5 Å². The highest BCUT2D eigenvalue weighted by Gasteiger charge is 2.28. The normalized spacial score (nSPS) is 14.1. The molecule has 0 saturated carbocycles. The van der Waals surface area contributed by atoms with E-state index in [4.69, 9.17) is 0 Å². The van der Waals surface area contributed by atoms with Gasteiger partial charge in [-0.05, 0) is 56.9 Å². The zero-order valence-corrected chi connectivity index (χ0v) is 20.5. The third kappa shape index (κ3) is 6.29. The van der Waals surface area contributed by atoms with E-state index in [1.165, 1.54) is 12.1 Å². The maximum Gasteiger partial charge on any atom is 0.254 e. The Kier molecular flexibility index (Phi) is 7.54. The van der Waals surface area contributed by atoms with E-state index in [0.29, 0.717) is 49.4 Å². The second-order valence-corrected chi connectivity index (χ2v) is 9.36. The van der Waals surface area contributed by atoms with Gasteiger partial charge in [-0.25, -0.2) is 14.4 Å². The number of hydrogen-bond donors (Lipinski definition) is 1. The summed E-state index contributed by atoms with van der Waals surface area (Å²) in [5.74, 6) is 0.145. The standard InChI is InChI=1S/C28H31FN4O2/c1-18-11-19(2)13-22(12-18)16-31-28(35)25-17-30-20(3)32-27(25)23-7-9-33(10-8-23)26(34)15-21-5-4-6-24(29)14-21/h4-6,11-14,17,23H,7-10,15-16H2,1-3H3,(H,31,35). The van der Waals surface area contributed by atoms with Crippen LogP contribution in [-0.2, 0) is 17.8 Å². The summed E-state index contributed by atoms with van der Waals surface area (Å²) in [5, 5.41) is 3.01. The summed E-state index contributed by atoms with van der Waals surface area (Å²) in [6.45, 7) is 7.48. The number of aryl methyl sites for hydroxylation is 3. The molecule has 3 aromatic rings. The van der Waals surface area contributed by atoms with Crippen molar-refractivity contribution in [3.05, 3.63) is 93.8 Å². The third-order valence-electron chi connectivity index (χ3n) is 6.40. The van der Waals surface area contributed by atoms with E-state index < -0.39 is 0 Å². The number of carbonyl (C=O) groups excluding carboxylic acids is 2. The van der Waals surface area contributed by atoms with Gasteiger partial charge in [0.1, 0.15) is 11.6 Å². The lowest BCUT2D eigenvalue weighted by atomic mass is 9.90. The Bertz CT molecular complexity index is 1220. The first kappa shape index (κ1) is 24.5. The fourth-order valence-electron chi connectivity index (χ4n) is 4.76. The lowest BCUT2D eigenvalue weighted by Crippen LogP contribution is -2.39. The lowest BCUT2D eigenvalue weighted by Gasteiger charge is -2.32. The van der Waals surface area contributed by atoms with Gasteiger partial charge in [0, 0.05) is 31.7 Å². The van der Waals surface area contributed by atoms with Gasteiger partial charge in [0.15, 0.2) is 0 Å². The van der Waals surface area contributed by atoms with Crippen LogP contribution in [-0.4, -0.2) is 39.8 Å². The van der Waals surface area contributed by atoms with E-state index in [-0.39, 0.29) is 30.0 Å². The number of halogens is 1. The third-order valence-corrected chi connectivity index (χ3v) is 6.40. The van der Waals surface area contributed by atoms with Gasteiger partial charge in [-0.15, -0.1) is 0 Å². The summed E-state index contributed by atoms with van der Waals surface area (Å²) in [6, 6.07) is 12.4. The van der Waals surface area contributed by atoms with Gasteiger partial charge in [0.2, 0.25) is 5.91 Å². The molecule has 0 radical (unpaired) electrons. The number of rotatable bonds is 6. The molecular formula is C28H31FN4O2. The van der Waals surface area contributed by atoms with Gasteiger partial charge < -0.3 is 10.2 Å². The number of nitrogens with one attached hydrogen (secondary N) is 1. The van der Waals surface area contributed by atoms with Crippen LogP contribution in [0.3, 0.4) is 0 Å². The average Bonchev–Trinajstić information content (AvgIpc) is 2.82. The molecular weight excluding hydrogens is 443 g/mol. The van der Waals surface area contributed by atoms with Gasteiger partial charge in [-0.3, -0.25) is 9.59 Å². The van der Waals surface area contributed by atoms with Gasteiger partial charge in [-0.2, -0.15) is 0 Å². The Morgan fingerprint density at radius 1 is 1.03 bits per heavy atom. The highest BCUT2D eigenvalue weighted by molar-refractivity contribution is 5.95. The molecule has 2 heterocycles. The molecule has 0 unspecified atom stereocenters. The van der Waals surface area contributed by atoms with Gasteiger partial charge >= 0.3 is 0 Å². The number of aromatic nitrogens is 2. The molecule has 0 aliphatic carbocycles. The molecule has 2 amide bonds. The number of likely N-dealkylation sites (tertiary alicyclic amines) is 1. The summed E-state index contributed by atoms with van der Waals surface area (Å²) in [4.78, 5) is 36.5. The van der Waals surface area contributed by atoms with Crippen LogP contribution in [0.5, 0.6) is 0 Å². The van der Waals surface area contributed by atoms with Crippen LogP contribution in [0.2, 0.25) is 0 Å². The monoisotopic (exact) mass is 474 g/mol. The summed E-state index contributed by atoms with van der Waals surface area (Å²) in [7, 11) is 0. The Balaban J connectivity index is 1.40. The van der Waals surface area contributed by atoms with Crippen LogP contribution in [0.1, 0.15) is 62.9 Å². The van der Waals surface area contributed by atoms with Crippen molar-refractivity contribution < 1.29 is 14.0 Å². The Labute approximate surface area is 205 Å². The number of amides is 2. The molecule has 1 fully saturated rings. The van der Waals surface area contributed by atoms with Crippen molar-refractivity contribution in [3.63, 3.8) is 0 Å². The fourth-order valence-corrected chi connectivity index (χ4v) is 4.76. The second kappa shape index (κ2) is 10.8. The predicted octanol–water partition coefficient (Wildman–Crippen LogP) is 4.42. The average molecular weight is 475 g/mol. The number of carbonyl (C=O) groups is 2. The summed E-state index contributed by atoms with van der Waals surface area (Å²) >= 11 is 0. The Hall–Kier alpha value is -3.61. The molecule has 1 aliphatic heterocycles. The minimum Gasteiger partial charge on any atom is -0.348 e. The molecule has 1 aliphatic rings. The highest BCUT2D eigenvalue weighted by Crippen LogP contribution is 2.29. The molecule has 7 heteroatoms. The van der Waals surface area contributed by atoms with E-state index in [2.05, 4.69) is 33.5 Å². The van der Waals surface area contributed by atoms with E-state index in [9.17, 15) is 14.0 Å². The van der Waals surface area contributed by atoms with Crippen molar-refractivity contribution in [1.82, 2.24) is 20.2 Å². The zero-order valence-electron chi connectivity index (χ0n) is 20.5. The molecule has 35 heavy (non-hydrogen) atoms. The topological polar surface area (TPSA) is 75.2 Å². The first-order valence-corrected chi connectivity index (χ1v) is 12.0. The quantitative estimate of drug-likeness (QED) is 0.574. The van der Waals surface area contributed by atoms with Crippen LogP contribution in [0.15, 0.2) is 48.7 Å². The van der Waals surface area contributed by atoms with Crippen LogP contribution < -0.4 is 5.32 Å². The summed E-state index contributed by atoms with van der Waals surface area (Å²) in [6.07, 6.45) is 3.21. The predicted molar refractivity (Wildman–Crippen MR) is 133 cm³/mol. The van der Waals surface area contributed by atoms with Crippen LogP contribution in [0.25, 0.3) is 0 Å². The molecule has 1 saturated heterocycles. The molecule has 4 rings (SSSR count). The van der Waals surface area contributed by atoms with Gasteiger partial charge in [0.05, 0.1) is 17.7 Å². The van der Waals surface area contributed by atoms with Gasteiger partial charge in [0.25, 0.3) is 5.91 Å². The van der Waals surface area contributed by atoms with Crippen molar-refractivity contribution >= 4 is 11.8 Å². The van der Waals surface area contributed by atoms with Crippen molar-refractivity contribution in [1.29, 1.82) is 0 Å². The zero-order chi connectivity index (χ0) is 24.9. The van der Waals surface area contributed by atoms with E-state index >= 15 is 0 Å². The molecule has 0 spiro atoms. The minimum absolute atomic E-state index is 0.0145. The molecule has 0 bridgehead atoms. The molecule has 2 aromatic carbocycles. The van der Waals surface area contributed by atoms with E-state index in [0.717, 1.165) is 22.4 Å². The number of benzene rings is 2. The van der Waals surface area contributed by atoms with Crippen LogP contribution >= 0.6 is 0 Å². The van der Waals surface area contributed by atoms with Crippen LogP contribution in [0.4, 0.5) is 4.39 Å². The molecule has 1 aromatic heterocycles. The second-order valence-electron chi connectivity index (χ2n) is 9.36. The highest BCUT2D eigenvalue weighted by atomic mass is 19.1. The first-order chi connectivity index (χ1) is 16.8. The molecule has 1 N–H and O–H groups in total. The number of nitrogens with zero attached hydrogens (tertiary/aromatic N) is 3. The van der Waals surface area contributed by atoms with Crippen LogP contribution in [0, 0.1) is 26.6 Å². The largest absolute Gasteiger partial charge is 0.348 e. The Morgan fingerprint density at radius 2 is 1.74 bits per heavy atom.